The molecule has 0 amide bonds. The molecular weight excluding hydrogens is 272 g/mol. The molecule has 0 aliphatic heterocycles. The van der Waals surface area contributed by atoms with Crippen LogP contribution >= 0.6 is 15.9 Å². The predicted octanol–water partition coefficient (Wildman–Crippen LogP) is 3.46. The number of carboxylic acid groups (broad SMARTS) is 1. The molecule has 0 unspecified atom stereocenters. The van der Waals surface area contributed by atoms with Crippen LogP contribution in [0.5, 0.6) is 0 Å². The van der Waals surface area contributed by atoms with Gasteiger partial charge in [-0.2, -0.15) is 0 Å². The lowest BCUT2D eigenvalue weighted by Gasteiger charge is -1.96. The van der Waals surface area contributed by atoms with E-state index in [2.05, 4.69) is 15.9 Å². The van der Waals surface area contributed by atoms with E-state index in [0.29, 0.717) is 28.7 Å². The van der Waals surface area contributed by atoms with Gasteiger partial charge < -0.3 is 9.52 Å². The SMILES string of the molecule is O=C(O)c1c(CCCBr)oc2ccccc12. The lowest BCUT2D eigenvalue weighted by Crippen LogP contribution is -1.99. The zero-order valence-electron chi connectivity index (χ0n) is 8.57. The highest BCUT2D eigenvalue weighted by Crippen LogP contribution is 2.26. The summed E-state index contributed by atoms with van der Waals surface area (Å²) in [6, 6.07) is 7.23. The Morgan fingerprint density at radius 2 is 2.12 bits per heavy atom. The van der Waals surface area contributed by atoms with Gasteiger partial charge in [-0.15, -0.1) is 0 Å². The number of benzene rings is 1. The minimum atomic E-state index is -0.922. The van der Waals surface area contributed by atoms with Crippen molar-refractivity contribution in [1.29, 1.82) is 0 Å². The third-order valence-electron chi connectivity index (χ3n) is 2.42. The van der Waals surface area contributed by atoms with E-state index in [1.165, 1.54) is 0 Å². The van der Waals surface area contributed by atoms with Gasteiger partial charge in [0.05, 0.1) is 0 Å². The number of aromatic carboxylic acids is 1. The van der Waals surface area contributed by atoms with Crippen LogP contribution in [-0.2, 0) is 6.42 Å². The van der Waals surface area contributed by atoms with Crippen molar-refractivity contribution in [2.24, 2.45) is 0 Å². The van der Waals surface area contributed by atoms with Crippen molar-refractivity contribution < 1.29 is 14.3 Å². The Bertz CT molecular complexity index is 516. The third-order valence-corrected chi connectivity index (χ3v) is 2.98. The fourth-order valence-corrected chi connectivity index (χ4v) is 2.01. The number of fused-ring (bicyclic) bond motifs is 1. The zero-order valence-corrected chi connectivity index (χ0v) is 10.2. The van der Waals surface area contributed by atoms with E-state index in [0.717, 1.165) is 11.8 Å². The molecule has 0 fully saturated rings. The van der Waals surface area contributed by atoms with Crippen molar-refractivity contribution in [2.75, 3.05) is 5.33 Å². The second-order valence-corrected chi connectivity index (χ2v) is 4.29. The van der Waals surface area contributed by atoms with E-state index in [-0.39, 0.29) is 0 Å². The molecule has 2 aromatic rings. The summed E-state index contributed by atoms with van der Waals surface area (Å²) in [6.07, 6.45) is 1.50. The molecule has 1 aromatic carbocycles. The molecule has 1 N–H and O–H groups in total. The molecule has 1 heterocycles. The highest BCUT2D eigenvalue weighted by Gasteiger charge is 2.18. The summed E-state index contributed by atoms with van der Waals surface area (Å²) in [4.78, 5) is 11.2. The molecule has 0 atom stereocenters. The number of para-hydroxylation sites is 1. The molecule has 0 aliphatic rings. The van der Waals surface area contributed by atoms with E-state index in [1.807, 2.05) is 12.1 Å². The largest absolute Gasteiger partial charge is 0.478 e. The monoisotopic (exact) mass is 282 g/mol. The molecule has 0 aliphatic carbocycles. The van der Waals surface area contributed by atoms with Gasteiger partial charge in [0.1, 0.15) is 16.9 Å². The molecule has 4 heteroatoms. The summed E-state index contributed by atoms with van der Waals surface area (Å²) < 4.78 is 5.56. The molecule has 0 saturated carbocycles. The summed E-state index contributed by atoms with van der Waals surface area (Å²) >= 11 is 3.32. The second kappa shape index (κ2) is 4.70. The van der Waals surface area contributed by atoms with Crippen molar-refractivity contribution in [3.05, 3.63) is 35.6 Å². The summed E-state index contributed by atoms with van der Waals surface area (Å²) in [5, 5.41) is 10.7. The number of hydrogen-bond donors (Lipinski definition) is 1. The van der Waals surface area contributed by atoms with Gasteiger partial charge in [0.25, 0.3) is 0 Å². The number of rotatable bonds is 4. The number of alkyl halides is 1. The number of carboxylic acids is 1. The standard InChI is InChI=1S/C12H11BrO3/c13-7-3-6-10-11(12(14)15)8-4-1-2-5-9(8)16-10/h1-2,4-5H,3,6-7H2,(H,14,15). The summed E-state index contributed by atoms with van der Waals surface area (Å²) in [5.74, 6) is -0.359. The van der Waals surface area contributed by atoms with Gasteiger partial charge in [-0.25, -0.2) is 4.79 Å². The molecule has 16 heavy (non-hydrogen) atoms. The Morgan fingerprint density at radius 1 is 1.38 bits per heavy atom. The summed E-state index contributed by atoms with van der Waals surface area (Å²) in [6.45, 7) is 0. The van der Waals surface area contributed by atoms with Crippen LogP contribution in [0.15, 0.2) is 28.7 Å². The van der Waals surface area contributed by atoms with Gasteiger partial charge in [0, 0.05) is 17.1 Å². The van der Waals surface area contributed by atoms with Crippen LogP contribution in [0.25, 0.3) is 11.0 Å². The number of hydrogen-bond acceptors (Lipinski definition) is 2. The first-order valence-electron chi connectivity index (χ1n) is 5.03. The molecular formula is C12H11BrO3. The maximum Gasteiger partial charge on any atom is 0.339 e. The van der Waals surface area contributed by atoms with Crippen molar-refractivity contribution in [1.82, 2.24) is 0 Å². The Balaban J connectivity index is 2.54. The molecule has 1 aromatic heterocycles. The third kappa shape index (κ3) is 1.97. The number of carbonyl (C=O) groups is 1. The van der Waals surface area contributed by atoms with Crippen LogP contribution in [0.3, 0.4) is 0 Å². The Hall–Kier alpha value is -1.29. The minimum absolute atomic E-state index is 0.302. The number of halogens is 1. The van der Waals surface area contributed by atoms with Crippen LogP contribution < -0.4 is 0 Å². The molecule has 84 valence electrons. The van der Waals surface area contributed by atoms with Crippen LogP contribution in [0.2, 0.25) is 0 Å². The predicted molar refractivity (Wildman–Crippen MR) is 65.3 cm³/mol. The van der Waals surface area contributed by atoms with Crippen LogP contribution in [0, 0.1) is 0 Å². The van der Waals surface area contributed by atoms with Gasteiger partial charge in [0.15, 0.2) is 0 Å². The maximum absolute atomic E-state index is 11.2. The van der Waals surface area contributed by atoms with Gasteiger partial charge >= 0.3 is 5.97 Å². The van der Waals surface area contributed by atoms with Crippen molar-refractivity contribution >= 4 is 32.9 Å². The van der Waals surface area contributed by atoms with Crippen molar-refractivity contribution in [3.8, 4) is 0 Å². The van der Waals surface area contributed by atoms with Crippen molar-refractivity contribution in [2.45, 2.75) is 12.8 Å². The van der Waals surface area contributed by atoms with Gasteiger partial charge in [-0.1, -0.05) is 34.1 Å². The van der Waals surface area contributed by atoms with Gasteiger partial charge in [-0.3, -0.25) is 0 Å². The molecule has 0 radical (unpaired) electrons. The average Bonchev–Trinajstić information content (AvgIpc) is 2.64. The first kappa shape index (κ1) is 11.2. The summed E-state index contributed by atoms with van der Waals surface area (Å²) in [7, 11) is 0. The van der Waals surface area contributed by atoms with Gasteiger partial charge in [-0.05, 0) is 12.5 Å². The van der Waals surface area contributed by atoms with E-state index in [4.69, 9.17) is 4.42 Å². The number of furan rings is 1. The van der Waals surface area contributed by atoms with E-state index in [1.54, 1.807) is 12.1 Å². The summed E-state index contributed by atoms with van der Waals surface area (Å²) in [5.41, 5.74) is 0.945. The molecule has 0 saturated heterocycles. The Kier molecular flexibility index (Phi) is 3.29. The normalized spacial score (nSPS) is 10.8. The quantitative estimate of drug-likeness (QED) is 0.874. The second-order valence-electron chi connectivity index (χ2n) is 3.49. The molecule has 0 bridgehead atoms. The molecule has 0 spiro atoms. The zero-order chi connectivity index (χ0) is 11.5. The van der Waals surface area contributed by atoms with Crippen LogP contribution in [0.1, 0.15) is 22.5 Å². The molecule has 3 nitrogen and oxygen atoms in total. The van der Waals surface area contributed by atoms with E-state index >= 15 is 0 Å². The fraction of sp³-hybridized carbons (Fsp3) is 0.250. The molecule has 2 rings (SSSR count). The Labute approximate surface area is 101 Å². The first-order chi connectivity index (χ1) is 7.74. The van der Waals surface area contributed by atoms with Crippen LogP contribution in [0.4, 0.5) is 0 Å². The fourth-order valence-electron chi connectivity index (χ4n) is 1.73. The van der Waals surface area contributed by atoms with E-state index in [9.17, 15) is 9.90 Å². The topological polar surface area (TPSA) is 50.4 Å². The lowest BCUT2D eigenvalue weighted by atomic mass is 10.1. The lowest BCUT2D eigenvalue weighted by molar-refractivity contribution is 0.0696. The number of aryl methyl sites for hydroxylation is 1. The maximum atomic E-state index is 11.2. The minimum Gasteiger partial charge on any atom is -0.478 e. The van der Waals surface area contributed by atoms with Crippen molar-refractivity contribution in [3.63, 3.8) is 0 Å². The highest BCUT2D eigenvalue weighted by atomic mass is 79.9. The van der Waals surface area contributed by atoms with Gasteiger partial charge in [0.2, 0.25) is 0 Å². The van der Waals surface area contributed by atoms with Crippen LogP contribution in [-0.4, -0.2) is 16.4 Å². The Morgan fingerprint density at radius 3 is 2.81 bits per heavy atom. The first-order valence-corrected chi connectivity index (χ1v) is 6.16. The average molecular weight is 283 g/mol. The van der Waals surface area contributed by atoms with E-state index < -0.39 is 5.97 Å². The highest BCUT2D eigenvalue weighted by molar-refractivity contribution is 9.09. The smallest absolute Gasteiger partial charge is 0.339 e.